The van der Waals surface area contributed by atoms with E-state index in [-0.39, 0.29) is 22.4 Å². The zero-order valence-electron chi connectivity index (χ0n) is 15.9. The smallest absolute Gasteiger partial charge is 0.334 e. The average Bonchev–Trinajstić information content (AvgIpc) is 2.66. The van der Waals surface area contributed by atoms with Crippen molar-refractivity contribution in [2.24, 2.45) is 0 Å². The molecule has 0 aliphatic carbocycles. The molecule has 0 saturated carbocycles. The summed E-state index contributed by atoms with van der Waals surface area (Å²) in [5.41, 5.74) is 0.350. The summed E-state index contributed by atoms with van der Waals surface area (Å²) in [4.78, 5) is 46.6. The van der Waals surface area contributed by atoms with Crippen molar-refractivity contribution in [1.82, 2.24) is 10.2 Å². The number of rotatable bonds is 9. The van der Waals surface area contributed by atoms with Crippen LogP contribution in [0.5, 0.6) is 0 Å². The molecule has 1 aliphatic heterocycles. The number of nitrogens with zero attached hydrogens (tertiary/aromatic N) is 2. The van der Waals surface area contributed by atoms with Crippen LogP contribution >= 0.6 is 0 Å². The fraction of sp³-hybridized carbons (Fsp3) is 0.316. The van der Waals surface area contributed by atoms with Gasteiger partial charge in [0.1, 0.15) is 0 Å². The predicted octanol–water partition coefficient (Wildman–Crippen LogP) is 1.85. The number of carboxylic acids is 2. The minimum atomic E-state index is -1.30. The number of hydrogen-bond acceptors (Lipinski definition) is 6. The second-order valence-electron chi connectivity index (χ2n) is 6.47. The average molecular weight is 403 g/mol. The van der Waals surface area contributed by atoms with Gasteiger partial charge in [0.15, 0.2) is 0 Å². The Balaban J connectivity index is 2.62. The Kier molecular flexibility index (Phi) is 6.71. The van der Waals surface area contributed by atoms with Crippen molar-refractivity contribution < 1.29 is 29.5 Å². The summed E-state index contributed by atoms with van der Waals surface area (Å²) in [6, 6.07) is 5.33. The molecule has 29 heavy (non-hydrogen) atoms. The van der Waals surface area contributed by atoms with E-state index in [0.717, 1.165) is 0 Å². The van der Waals surface area contributed by atoms with E-state index in [2.05, 4.69) is 5.32 Å². The standard InChI is InChI=1S/C19H21N3O7/c1-11-15(18(24)25)17(13-5-3-6-14(9-13)22(28)29)16(19(26)27)12(2)21(11)8-4-7-20-10-23/h3,5-6,9-10,17H,4,7-8H2,1-2H3,(H,20,23)(H,24,25)(H,26,27). The van der Waals surface area contributed by atoms with Crippen LogP contribution in [0, 0.1) is 10.1 Å². The highest BCUT2D eigenvalue weighted by Crippen LogP contribution is 2.42. The van der Waals surface area contributed by atoms with Crippen LogP contribution in [0.3, 0.4) is 0 Å². The first-order chi connectivity index (χ1) is 13.7. The minimum absolute atomic E-state index is 0.156. The first kappa shape index (κ1) is 21.6. The number of amides is 1. The monoisotopic (exact) mass is 403 g/mol. The number of nitro groups is 1. The van der Waals surface area contributed by atoms with Crippen molar-refractivity contribution >= 4 is 24.0 Å². The number of allylic oxidation sites excluding steroid dienone is 2. The molecule has 0 bridgehead atoms. The molecular formula is C19H21N3O7. The highest BCUT2D eigenvalue weighted by molar-refractivity contribution is 5.98. The molecule has 0 unspecified atom stereocenters. The normalized spacial score (nSPS) is 14.8. The summed E-state index contributed by atoms with van der Waals surface area (Å²) in [6.07, 6.45) is 1.01. The largest absolute Gasteiger partial charge is 0.478 e. The second-order valence-corrected chi connectivity index (χ2v) is 6.47. The van der Waals surface area contributed by atoms with Crippen molar-refractivity contribution in [3.63, 3.8) is 0 Å². The van der Waals surface area contributed by atoms with Crippen LogP contribution < -0.4 is 5.32 Å². The number of hydrogen-bond donors (Lipinski definition) is 3. The van der Waals surface area contributed by atoms with Crippen molar-refractivity contribution in [2.45, 2.75) is 26.2 Å². The third-order valence-corrected chi connectivity index (χ3v) is 4.83. The van der Waals surface area contributed by atoms with Gasteiger partial charge in [-0.1, -0.05) is 12.1 Å². The maximum Gasteiger partial charge on any atom is 0.334 e. The highest BCUT2D eigenvalue weighted by Gasteiger charge is 2.39. The molecule has 1 aromatic rings. The molecule has 0 aromatic heterocycles. The zero-order chi connectivity index (χ0) is 21.7. The number of nitrogens with one attached hydrogen (secondary N) is 1. The molecule has 0 atom stereocenters. The molecule has 154 valence electrons. The number of carbonyl (C=O) groups is 3. The third kappa shape index (κ3) is 4.42. The molecule has 10 heteroatoms. The van der Waals surface area contributed by atoms with Gasteiger partial charge in [-0.25, -0.2) is 9.59 Å². The van der Waals surface area contributed by atoms with Gasteiger partial charge < -0.3 is 20.4 Å². The second kappa shape index (κ2) is 9.00. The van der Waals surface area contributed by atoms with Crippen LogP contribution in [0.2, 0.25) is 0 Å². The molecule has 3 N–H and O–H groups in total. The minimum Gasteiger partial charge on any atom is -0.478 e. The number of benzene rings is 1. The lowest BCUT2D eigenvalue weighted by Gasteiger charge is -2.37. The van der Waals surface area contributed by atoms with Crippen molar-refractivity contribution in [2.75, 3.05) is 13.1 Å². The first-order valence-corrected chi connectivity index (χ1v) is 8.77. The SMILES string of the molecule is CC1=C(C(=O)O)C(c2cccc([N+](=O)[O-])c2)C(C(=O)O)=C(C)N1CCCNC=O. The van der Waals surface area contributed by atoms with Crippen LogP contribution in [-0.2, 0) is 14.4 Å². The molecule has 0 radical (unpaired) electrons. The van der Waals surface area contributed by atoms with Crippen LogP contribution in [0.1, 0.15) is 31.7 Å². The highest BCUT2D eigenvalue weighted by atomic mass is 16.6. The molecule has 1 aliphatic rings. The third-order valence-electron chi connectivity index (χ3n) is 4.83. The maximum absolute atomic E-state index is 12.1. The number of carbonyl (C=O) groups excluding carboxylic acids is 1. The van der Waals surface area contributed by atoms with Gasteiger partial charge in [0.05, 0.1) is 22.0 Å². The summed E-state index contributed by atoms with van der Waals surface area (Å²) in [5.74, 6) is -3.77. The van der Waals surface area contributed by atoms with Gasteiger partial charge in [0.2, 0.25) is 6.41 Å². The van der Waals surface area contributed by atoms with Gasteiger partial charge in [-0.05, 0) is 25.8 Å². The van der Waals surface area contributed by atoms with E-state index in [1.165, 1.54) is 24.3 Å². The van der Waals surface area contributed by atoms with E-state index in [1.807, 2.05) is 0 Å². The van der Waals surface area contributed by atoms with E-state index >= 15 is 0 Å². The molecule has 2 rings (SSSR count). The summed E-state index contributed by atoms with van der Waals surface area (Å²) >= 11 is 0. The lowest BCUT2D eigenvalue weighted by Crippen LogP contribution is -2.35. The fourth-order valence-electron chi connectivity index (χ4n) is 3.55. The molecule has 1 heterocycles. The Hall–Kier alpha value is -3.69. The maximum atomic E-state index is 12.1. The summed E-state index contributed by atoms with van der Waals surface area (Å²) in [6.45, 7) is 3.79. The lowest BCUT2D eigenvalue weighted by molar-refractivity contribution is -0.384. The Morgan fingerprint density at radius 2 is 1.79 bits per heavy atom. The topological polar surface area (TPSA) is 150 Å². The van der Waals surface area contributed by atoms with Gasteiger partial charge in [0.25, 0.3) is 5.69 Å². The predicted molar refractivity (Wildman–Crippen MR) is 102 cm³/mol. The van der Waals surface area contributed by atoms with E-state index in [0.29, 0.717) is 37.3 Å². The number of non-ortho nitro benzene ring substituents is 1. The fourth-order valence-corrected chi connectivity index (χ4v) is 3.55. The molecule has 1 aromatic carbocycles. The first-order valence-electron chi connectivity index (χ1n) is 8.77. The van der Waals surface area contributed by atoms with E-state index in [9.17, 15) is 34.7 Å². The van der Waals surface area contributed by atoms with Crippen LogP contribution in [0.4, 0.5) is 5.69 Å². The molecule has 0 fully saturated rings. The Bertz CT molecular complexity index is 882. The van der Waals surface area contributed by atoms with Crippen molar-refractivity contribution in [3.8, 4) is 0 Å². The van der Waals surface area contributed by atoms with E-state index < -0.39 is 22.8 Å². The van der Waals surface area contributed by atoms with Gasteiger partial charge in [-0.15, -0.1) is 0 Å². The quantitative estimate of drug-likeness (QED) is 0.245. The summed E-state index contributed by atoms with van der Waals surface area (Å²) in [7, 11) is 0. The molecule has 1 amide bonds. The number of nitro benzene ring substituents is 1. The van der Waals surface area contributed by atoms with E-state index in [4.69, 9.17) is 0 Å². The number of carboxylic acid groups (broad SMARTS) is 2. The van der Waals surface area contributed by atoms with Crippen LogP contribution in [0.15, 0.2) is 46.8 Å². The Morgan fingerprint density at radius 3 is 2.28 bits per heavy atom. The van der Waals surface area contributed by atoms with Crippen molar-refractivity contribution in [3.05, 3.63) is 62.5 Å². The van der Waals surface area contributed by atoms with Crippen molar-refractivity contribution in [1.29, 1.82) is 0 Å². The Morgan fingerprint density at radius 1 is 1.21 bits per heavy atom. The summed E-state index contributed by atoms with van der Waals surface area (Å²) in [5, 5.41) is 33.3. The lowest BCUT2D eigenvalue weighted by atomic mass is 9.79. The molecule has 0 spiro atoms. The Labute approximate surface area is 166 Å². The summed E-state index contributed by atoms with van der Waals surface area (Å²) < 4.78 is 0. The van der Waals surface area contributed by atoms with Gasteiger partial charge in [0, 0.05) is 36.6 Å². The zero-order valence-corrected chi connectivity index (χ0v) is 15.9. The molecular weight excluding hydrogens is 382 g/mol. The van der Waals surface area contributed by atoms with Gasteiger partial charge in [-0.2, -0.15) is 0 Å². The van der Waals surface area contributed by atoms with Gasteiger partial charge in [-0.3, -0.25) is 14.9 Å². The van der Waals surface area contributed by atoms with E-state index in [1.54, 1.807) is 18.7 Å². The van der Waals surface area contributed by atoms with Gasteiger partial charge >= 0.3 is 11.9 Å². The van der Waals surface area contributed by atoms with Crippen LogP contribution in [0.25, 0.3) is 0 Å². The molecule has 10 nitrogen and oxygen atoms in total. The van der Waals surface area contributed by atoms with Crippen LogP contribution in [-0.4, -0.2) is 51.5 Å². The number of aliphatic carboxylic acids is 2. The molecule has 0 saturated heterocycles.